The normalized spacial score (nSPS) is 13.6. The van der Waals surface area contributed by atoms with Gasteiger partial charge in [0.15, 0.2) is 11.6 Å². The van der Waals surface area contributed by atoms with Gasteiger partial charge in [-0.15, -0.1) is 0 Å². The van der Waals surface area contributed by atoms with Crippen LogP contribution in [0.2, 0.25) is 0 Å². The Hall–Kier alpha value is -2.24. The second-order valence-corrected chi connectivity index (χ2v) is 7.37. The van der Waals surface area contributed by atoms with E-state index in [4.69, 9.17) is 12.2 Å². The van der Waals surface area contributed by atoms with Gasteiger partial charge in [-0.1, -0.05) is 78.6 Å². The number of hydrogen-bond donors (Lipinski definition) is 1. The predicted octanol–water partition coefficient (Wildman–Crippen LogP) is 4.19. The number of carbonyl (C=O) groups excluding carboxylic acids is 2. The summed E-state index contributed by atoms with van der Waals surface area (Å²) in [6.07, 6.45) is 0. The number of thioether (sulfide) groups is 1. The summed E-state index contributed by atoms with van der Waals surface area (Å²) in [6, 6.07) is 16.9. The number of Topliss-reactive ketones (excluding diaryl/α,β-unsaturated/α-hetero) is 2. The van der Waals surface area contributed by atoms with Crippen LogP contribution in [0.1, 0.15) is 33.2 Å². The highest BCUT2D eigenvalue weighted by Crippen LogP contribution is 2.28. The van der Waals surface area contributed by atoms with Crippen molar-refractivity contribution in [1.82, 2.24) is 5.32 Å². The van der Waals surface area contributed by atoms with Crippen LogP contribution in [-0.2, 0) is 6.54 Å². The third kappa shape index (κ3) is 3.89. The van der Waals surface area contributed by atoms with Gasteiger partial charge in [-0.25, -0.2) is 0 Å². The first kappa shape index (κ1) is 17.6. The lowest BCUT2D eigenvalue weighted by atomic mass is 9.85. The van der Waals surface area contributed by atoms with Crippen LogP contribution in [0.15, 0.2) is 65.7 Å². The molecule has 0 heterocycles. The van der Waals surface area contributed by atoms with Crippen LogP contribution in [0.4, 0.5) is 0 Å². The minimum atomic E-state index is -0.0777. The van der Waals surface area contributed by atoms with E-state index in [9.17, 15) is 9.59 Å². The second-order valence-electron chi connectivity index (χ2n) is 5.72. The molecule has 0 amide bonds. The fourth-order valence-electron chi connectivity index (χ4n) is 2.68. The Morgan fingerprint density at radius 3 is 2.24 bits per heavy atom. The van der Waals surface area contributed by atoms with E-state index in [0.29, 0.717) is 38.9 Å². The van der Waals surface area contributed by atoms with Gasteiger partial charge >= 0.3 is 0 Å². The van der Waals surface area contributed by atoms with Crippen LogP contribution in [0, 0.1) is 0 Å². The molecule has 2 aromatic rings. The summed E-state index contributed by atoms with van der Waals surface area (Å²) in [7, 11) is 0. The Morgan fingerprint density at radius 1 is 0.960 bits per heavy atom. The average molecular weight is 367 g/mol. The highest BCUT2D eigenvalue weighted by atomic mass is 32.2. The van der Waals surface area contributed by atoms with E-state index in [-0.39, 0.29) is 11.6 Å². The first-order chi connectivity index (χ1) is 12.1. The van der Waals surface area contributed by atoms with Gasteiger partial charge in [-0.2, -0.15) is 0 Å². The van der Waals surface area contributed by atoms with Crippen molar-refractivity contribution in [2.75, 3.05) is 5.75 Å². The zero-order valence-electron chi connectivity index (χ0n) is 13.7. The van der Waals surface area contributed by atoms with E-state index in [1.807, 2.05) is 30.3 Å². The van der Waals surface area contributed by atoms with Crippen molar-refractivity contribution in [3.05, 3.63) is 82.4 Å². The Labute approximate surface area is 156 Å². The summed E-state index contributed by atoms with van der Waals surface area (Å²) in [4.78, 5) is 25.1. The third-order valence-electron chi connectivity index (χ3n) is 4.11. The van der Waals surface area contributed by atoms with Crippen molar-refractivity contribution in [1.29, 1.82) is 0 Å². The largest absolute Gasteiger partial charge is 0.367 e. The number of rotatable bonds is 4. The Bertz CT molecular complexity index is 872. The highest BCUT2D eigenvalue weighted by Gasteiger charge is 2.29. The molecule has 1 aliphatic carbocycles. The number of nitrogens with one attached hydrogen (secondary N) is 1. The second kappa shape index (κ2) is 7.76. The molecule has 0 aromatic heterocycles. The van der Waals surface area contributed by atoms with E-state index < -0.39 is 0 Å². The minimum Gasteiger partial charge on any atom is -0.367 e. The van der Waals surface area contributed by atoms with Gasteiger partial charge in [0.1, 0.15) is 4.32 Å². The Morgan fingerprint density at radius 2 is 1.56 bits per heavy atom. The van der Waals surface area contributed by atoms with Gasteiger partial charge in [0, 0.05) is 34.6 Å². The SMILES string of the molecule is CC1=C(CSC(=S)NCc2ccccc2)C(=O)c2ccccc2C1=O. The highest BCUT2D eigenvalue weighted by molar-refractivity contribution is 8.23. The van der Waals surface area contributed by atoms with Crippen LogP contribution in [0.5, 0.6) is 0 Å². The van der Waals surface area contributed by atoms with Crippen molar-refractivity contribution in [3.63, 3.8) is 0 Å². The van der Waals surface area contributed by atoms with E-state index in [2.05, 4.69) is 5.32 Å². The first-order valence-electron chi connectivity index (χ1n) is 7.90. The quantitative estimate of drug-likeness (QED) is 0.821. The van der Waals surface area contributed by atoms with Gasteiger partial charge in [-0.05, 0) is 12.5 Å². The molecule has 0 saturated carbocycles. The summed E-state index contributed by atoms with van der Waals surface area (Å²) in [5, 5.41) is 3.17. The zero-order chi connectivity index (χ0) is 17.8. The molecule has 25 heavy (non-hydrogen) atoms. The number of thiocarbonyl (C=S) groups is 1. The lowest BCUT2D eigenvalue weighted by Crippen LogP contribution is -2.24. The number of carbonyl (C=O) groups is 2. The van der Waals surface area contributed by atoms with Crippen LogP contribution in [0.25, 0.3) is 0 Å². The molecule has 0 spiro atoms. The number of hydrogen-bond acceptors (Lipinski definition) is 4. The molecular formula is C20H17NO2S2. The van der Waals surface area contributed by atoms with Crippen LogP contribution >= 0.6 is 24.0 Å². The fourth-order valence-corrected chi connectivity index (χ4v) is 3.73. The van der Waals surface area contributed by atoms with Crippen molar-refractivity contribution in [2.45, 2.75) is 13.5 Å². The predicted molar refractivity (Wildman–Crippen MR) is 106 cm³/mol. The van der Waals surface area contributed by atoms with Crippen molar-refractivity contribution in [2.24, 2.45) is 0 Å². The average Bonchev–Trinajstić information content (AvgIpc) is 2.65. The van der Waals surface area contributed by atoms with Crippen LogP contribution in [0.3, 0.4) is 0 Å². The molecule has 1 N–H and O–H groups in total. The molecule has 0 atom stereocenters. The smallest absolute Gasteiger partial charge is 0.191 e. The maximum atomic E-state index is 12.7. The van der Waals surface area contributed by atoms with Gasteiger partial charge in [0.05, 0.1) is 0 Å². The molecule has 126 valence electrons. The molecule has 0 fully saturated rings. The number of fused-ring (bicyclic) bond motifs is 1. The standard InChI is InChI=1S/C20H17NO2S2/c1-13-17(19(23)16-10-6-5-9-15(16)18(13)22)12-25-20(24)21-11-14-7-3-2-4-8-14/h2-10H,11-12H2,1H3,(H,21,24). The van der Waals surface area contributed by atoms with E-state index in [0.717, 1.165) is 5.56 Å². The molecular weight excluding hydrogens is 350 g/mol. The lowest BCUT2D eigenvalue weighted by molar-refractivity contribution is 0.0975. The summed E-state index contributed by atoms with van der Waals surface area (Å²) < 4.78 is 0.614. The summed E-state index contributed by atoms with van der Waals surface area (Å²) >= 11 is 6.72. The molecule has 0 saturated heterocycles. The zero-order valence-corrected chi connectivity index (χ0v) is 15.4. The summed E-state index contributed by atoms with van der Waals surface area (Å²) in [5.74, 6) is 0.241. The minimum absolute atomic E-state index is 0.0750. The molecule has 0 bridgehead atoms. The molecule has 0 unspecified atom stereocenters. The van der Waals surface area contributed by atoms with E-state index in [1.54, 1.807) is 31.2 Å². The van der Waals surface area contributed by atoms with Crippen LogP contribution in [-0.4, -0.2) is 21.6 Å². The molecule has 1 aliphatic rings. The lowest BCUT2D eigenvalue weighted by Gasteiger charge is -2.19. The van der Waals surface area contributed by atoms with E-state index in [1.165, 1.54) is 11.8 Å². The molecule has 3 nitrogen and oxygen atoms in total. The van der Waals surface area contributed by atoms with E-state index >= 15 is 0 Å². The van der Waals surface area contributed by atoms with Gasteiger partial charge < -0.3 is 5.32 Å². The van der Waals surface area contributed by atoms with Crippen molar-refractivity contribution in [3.8, 4) is 0 Å². The number of allylic oxidation sites excluding steroid dienone is 1. The maximum absolute atomic E-state index is 12.7. The molecule has 3 rings (SSSR count). The first-order valence-corrected chi connectivity index (χ1v) is 9.30. The maximum Gasteiger partial charge on any atom is 0.191 e. The Kier molecular flexibility index (Phi) is 5.46. The number of benzene rings is 2. The fraction of sp³-hybridized carbons (Fsp3) is 0.150. The van der Waals surface area contributed by atoms with Gasteiger partial charge in [0.25, 0.3) is 0 Å². The van der Waals surface area contributed by atoms with Gasteiger partial charge in [-0.3, -0.25) is 9.59 Å². The summed E-state index contributed by atoms with van der Waals surface area (Å²) in [5.41, 5.74) is 3.17. The summed E-state index contributed by atoms with van der Waals surface area (Å²) in [6.45, 7) is 2.35. The van der Waals surface area contributed by atoms with Crippen molar-refractivity contribution < 1.29 is 9.59 Å². The molecule has 0 aliphatic heterocycles. The monoisotopic (exact) mass is 367 g/mol. The topological polar surface area (TPSA) is 46.2 Å². The van der Waals surface area contributed by atoms with Crippen molar-refractivity contribution >= 4 is 39.9 Å². The third-order valence-corrected chi connectivity index (χ3v) is 5.45. The number of ketones is 2. The Balaban J connectivity index is 1.64. The molecule has 2 aromatic carbocycles. The van der Waals surface area contributed by atoms with Gasteiger partial charge in [0.2, 0.25) is 0 Å². The molecule has 5 heteroatoms. The van der Waals surface area contributed by atoms with Crippen LogP contribution < -0.4 is 5.32 Å². The molecule has 0 radical (unpaired) electrons.